The van der Waals surface area contributed by atoms with Crippen molar-refractivity contribution in [2.75, 3.05) is 7.05 Å². The minimum Gasteiger partial charge on any atom is -0.358 e. The smallest absolute Gasteiger partial charge is 0.236 e. The lowest BCUT2D eigenvalue weighted by Crippen LogP contribution is -2.41. The van der Waals surface area contributed by atoms with Gasteiger partial charge in [-0.25, -0.2) is 0 Å². The maximum atomic E-state index is 11.3. The molecule has 2 N–H and O–H groups in total. The van der Waals surface area contributed by atoms with Gasteiger partial charge < -0.3 is 5.32 Å². The van der Waals surface area contributed by atoms with E-state index in [4.69, 9.17) is 0 Å². The Morgan fingerprint density at radius 3 is 2.60 bits per heavy atom. The van der Waals surface area contributed by atoms with Crippen LogP contribution >= 0.6 is 27.3 Å². The Morgan fingerprint density at radius 2 is 2.13 bits per heavy atom. The van der Waals surface area contributed by atoms with Crippen molar-refractivity contribution in [2.24, 2.45) is 0 Å². The third kappa shape index (κ3) is 3.59. The summed E-state index contributed by atoms with van der Waals surface area (Å²) in [4.78, 5) is 12.5. The normalized spacial score (nSPS) is 14.7. The van der Waals surface area contributed by atoms with Gasteiger partial charge in [0, 0.05) is 18.0 Å². The van der Waals surface area contributed by atoms with E-state index in [0.29, 0.717) is 0 Å². The topological polar surface area (TPSA) is 41.1 Å². The van der Waals surface area contributed by atoms with E-state index >= 15 is 0 Å². The van der Waals surface area contributed by atoms with E-state index in [1.807, 2.05) is 13.0 Å². The number of hydrogen-bond donors (Lipinski definition) is 2. The molecule has 0 fully saturated rings. The molecule has 0 radical (unpaired) electrons. The van der Waals surface area contributed by atoms with Crippen LogP contribution in [0.3, 0.4) is 0 Å². The Labute approximate surface area is 102 Å². The van der Waals surface area contributed by atoms with Crippen LogP contribution in [0.25, 0.3) is 0 Å². The van der Waals surface area contributed by atoms with Gasteiger partial charge >= 0.3 is 0 Å². The van der Waals surface area contributed by atoms with Crippen LogP contribution in [0.15, 0.2) is 15.9 Å². The monoisotopic (exact) mass is 290 g/mol. The summed E-state index contributed by atoms with van der Waals surface area (Å²) in [6.07, 6.45) is 0. The van der Waals surface area contributed by atoms with Crippen LogP contribution in [-0.4, -0.2) is 19.0 Å². The van der Waals surface area contributed by atoms with Crippen molar-refractivity contribution < 1.29 is 4.79 Å². The first-order valence-electron chi connectivity index (χ1n) is 4.77. The van der Waals surface area contributed by atoms with Crippen molar-refractivity contribution in [1.82, 2.24) is 10.6 Å². The van der Waals surface area contributed by atoms with E-state index in [2.05, 4.69) is 39.6 Å². The predicted octanol–water partition coefficient (Wildman–Crippen LogP) is 2.30. The molecule has 0 aliphatic carbocycles. The second-order valence-electron chi connectivity index (χ2n) is 3.37. The van der Waals surface area contributed by atoms with E-state index in [1.165, 1.54) is 4.88 Å². The number of carbonyl (C=O) groups excluding carboxylic acids is 1. The molecule has 2 atom stereocenters. The Balaban J connectivity index is 2.55. The first kappa shape index (κ1) is 12.7. The highest BCUT2D eigenvalue weighted by molar-refractivity contribution is 9.11. The Hall–Kier alpha value is -0.390. The summed E-state index contributed by atoms with van der Waals surface area (Å²) in [5.41, 5.74) is 0. The second kappa shape index (κ2) is 5.63. The molecular weight excluding hydrogens is 276 g/mol. The number of likely N-dealkylation sites (N-methyl/N-ethyl adjacent to an activating group) is 1. The Bertz CT molecular complexity index is 340. The first-order chi connectivity index (χ1) is 7.04. The molecule has 0 saturated carbocycles. The van der Waals surface area contributed by atoms with Gasteiger partial charge in [0.1, 0.15) is 0 Å². The van der Waals surface area contributed by atoms with Crippen molar-refractivity contribution in [2.45, 2.75) is 25.9 Å². The molecule has 1 aromatic rings. The van der Waals surface area contributed by atoms with Gasteiger partial charge in [-0.2, -0.15) is 0 Å². The second-order valence-corrected chi connectivity index (χ2v) is 5.86. The molecule has 0 saturated heterocycles. The number of amides is 1. The molecule has 5 heteroatoms. The van der Waals surface area contributed by atoms with Crippen LogP contribution in [0.2, 0.25) is 0 Å². The van der Waals surface area contributed by atoms with Gasteiger partial charge in [0.2, 0.25) is 5.91 Å². The summed E-state index contributed by atoms with van der Waals surface area (Å²) < 4.78 is 1.11. The van der Waals surface area contributed by atoms with Gasteiger partial charge in [-0.1, -0.05) is 0 Å². The third-order valence-electron chi connectivity index (χ3n) is 2.16. The molecule has 3 nitrogen and oxygen atoms in total. The number of nitrogens with one attached hydrogen (secondary N) is 2. The van der Waals surface area contributed by atoms with E-state index in [0.717, 1.165) is 3.79 Å². The van der Waals surface area contributed by atoms with Crippen molar-refractivity contribution in [1.29, 1.82) is 0 Å². The highest BCUT2D eigenvalue weighted by Crippen LogP contribution is 2.27. The molecule has 0 aliphatic rings. The molecule has 1 heterocycles. The van der Waals surface area contributed by atoms with E-state index < -0.39 is 0 Å². The molecule has 84 valence electrons. The molecule has 0 bridgehead atoms. The molecular formula is C10H15BrN2OS. The highest BCUT2D eigenvalue weighted by Gasteiger charge is 2.15. The summed E-state index contributed by atoms with van der Waals surface area (Å²) in [6.45, 7) is 3.91. The fourth-order valence-electron chi connectivity index (χ4n) is 1.31. The first-order valence-corrected chi connectivity index (χ1v) is 6.38. The van der Waals surface area contributed by atoms with Crippen LogP contribution in [0.4, 0.5) is 0 Å². The van der Waals surface area contributed by atoms with Crippen molar-refractivity contribution in [3.8, 4) is 0 Å². The molecule has 1 amide bonds. The maximum Gasteiger partial charge on any atom is 0.236 e. The zero-order valence-electron chi connectivity index (χ0n) is 9.00. The van der Waals surface area contributed by atoms with Gasteiger partial charge in [-0.05, 0) is 41.9 Å². The Kier molecular flexibility index (Phi) is 4.76. The molecule has 0 spiro atoms. The number of hydrogen-bond acceptors (Lipinski definition) is 3. The Morgan fingerprint density at radius 1 is 1.47 bits per heavy atom. The average molecular weight is 291 g/mol. The van der Waals surface area contributed by atoms with Gasteiger partial charge in [0.05, 0.1) is 9.83 Å². The lowest BCUT2D eigenvalue weighted by Gasteiger charge is -2.17. The van der Waals surface area contributed by atoms with Crippen LogP contribution in [0.5, 0.6) is 0 Å². The summed E-state index contributed by atoms with van der Waals surface area (Å²) in [5, 5.41) is 5.86. The van der Waals surface area contributed by atoms with Gasteiger partial charge in [-0.3, -0.25) is 10.1 Å². The summed E-state index contributed by atoms with van der Waals surface area (Å²) >= 11 is 5.10. The molecule has 1 aromatic heterocycles. The molecule has 0 aliphatic heterocycles. The summed E-state index contributed by atoms with van der Waals surface area (Å²) in [7, 11) is 1.65. The third-order valence-corrected chi connectivity index (χ3v) is 3.97. The molecule has 1 rings (SSSR count). The minimum atomic E-state index is -0.175. The average Bonchev–Trinajstić information content (AvgIpc) is 2.63. The van der Waals surface area contributed by atoms with Crippen LogP contribution in [0.1, 0.15) is 24.8 Å². The van der Waals surface area contributed by atoms with Gasteiger partial charge in [-0.15, -0.1) is 11.3 Å². The van der Waals surface area contributed by atoms with Crippen LogP contribution < -0.4 is 10.6 Å². The summed E-state index contributed by atoms with van der Waals surface area (Å²) in [5.74, 6) is 0.0115. The predicted molar refractivity (Wildman–Crippen MR) is 67.1 cm³/mol. The lowest BCUT2D eigenvalue weighted by molar-refractivity contribution is -0.122. The zero-order chi connectivity index (χ0) is 11.4. The largest absolute Gasteiger partial charge is 0.358 e. The number of halogens is 1. The van der Waals surface area contributed by atoms with Crippen molar-refractivity contribution in [3.63, 3.8) is 0 Å². The SMILES string of the molecule is CNC(=O)C(C)NC(C)c1ccc(Br)s1. The lowest BCUT2D eigenvalue weighted by atomic mass is 10.2. The van der Waals surface area contributed by atoms with Crippen molar-refractivity contribution in [3.05, 3.63) is 20.8 Å². The minimum absolute atomic E-state index is 0.0115. The number of rotatable bonds is 4. The number of carbonyl (C=O) groups is 1. The number of thiophene rings is 1. The fourth-order valence-corrected chi connectivity index (χ4v) is 2.75. The van der Waals surface area contributed by atoms with Crippen LogP contribution in [-0.2, 0) is 4.79 Å². The molecule has 15 heavy (non-hydrogen) atoms. The summed E-state index contributed by atoms with van der Waals surface area (Å²) in [6, 6.07) is 4.09. The molecule has 0 aromatic carbocycles. The fraction of sp³-hybridized carbons (Fsp3) is 0.500. The quantitative estimate of drug-likeness (QED) is 0.893. The van der Waals surface area contributed by atoms with E-state index in [1.54, 1.807) is 18.4 Å². The van der Waals surface area contributed by atoms with Gasteiger partial charge in [0.15, 0.2) is 0 Å². The van der Waals surface area contributed by atoms with Crippen molar-refractivity contribution >= 4 is 33.2 Å². The van der Waals surface area contributed by atoms with E-state index in [9.17, 15) is 4.79 Å². The van der Waals surface area contributed by atoms with Crippen LogP contribution in [0, 0.1) is 0 Å². The highest BCUT2D eigenvalue weighted by atomic mass is 79.9. The maximum absolute atomic E-state index is 11.3. The zero-order valence-corrected chi connectivity index (χ0v) is 11.4. The molecule has 2 unspecified atom stereocenters. The van der Waals surface area contributed by atoms with Gasteiger partial charge in [0.25, 0.3) is 0 Å². The van der Waals surface area contributed by atoms with E-state index in [-0.39, 0.29) is 18.0 Å². The standard InChI is InChI=1S/C10H15BrN2OS/c1-6(8-4-5-9(11)15-8)13-7(2)10(14)12-3/h4-7,13H,1-3H3,(H,12,14).